The number of nitrogens with zero attached hydrogens (tertiary/aromatic N) is 1. The van der Waals surface area contributed by atoms with Crippen molar-refractivity contribution in [3.8, 4) is 0 Å². The average molecular weight is 299 g/mol. The summed E-state index contributed by atoms with van der Waals surface area (Å²) in [5.74, 6) is -0.535. The molecule has 0 saturated carbocycles. The molecule has 114 valence electrons. The van der Waals surface area contributed by atoms with Crippen molar-refractivity contribution in [2.75, 3.05) is 11.9 Å². The fraction of sp³-hybridized carbons (Fsp3) is 0.176. The topological polar surface area (TPSA) is 53.5 Å². The Kier molecular flexibility index (Phi) is 5.65. The molecule has 2 rings (SSSR count). The van der Waals surface area contributed by atoms with E-state index in [-0.39, 0.29) is 18.3 Å². The molecule has 0 fully saturated rings. The van der Waals surface area contributed by atoms with E-state index in [4.69, 9.17) is 0 Å². The molecular formula is C17H18FN3O. The third-order valence-electron chi connectivity index (χ3n) is 3.05. The van der Waals surface area contributed by atoms with Gasteiger partial charge < -0.3 is 5.32 Å². The SMILES string of the molecule is CC/C(=N/NC(=O)CNc1ccccc1)c1ccc(F)cc1. The zero-order chi connectivity index (χ0) is 15.8. The van der Waals surface area contributed by atoms with Crippen molar-refractivity contribution in [3.63, 3.8) is 0 Å². The van der Waals surface area contributed by atoms with E-state index in [1.807, 2.05) is 37.3 Å². The Morgan fingerprint density at radius 1 is 1.09 bits per heavy atom. The number of hydrogen-bond donors (Lipinski definition) is 2. The molecule has 1 amide bonds. The number of rotatable bonds is 6. The third kappa shape index (κ3) is 4.70. The van der Waals surface area contributed by atoms with Gasteiger partial charge in [-0.15, -0.1) is 0 Å². The van der Waals surface area contributed by atoms with Crippen LogP contribution in [0.4, 0.5) is 10.1 Å². The predicted octanol–water partition coefficient (Wildman–Crippen LogP) is 3.17. The van der Waals surface area contributed by atoms with E-state index in [0.29, 0.717) is 12.1 Å². The Hall–Kier alpha value is -2.69. The number of nitrogens with one attached hydrogen (secondary N) is 2. The molecule has 0 aliphatic carbocycles. The van der Waals surface area contributed by atoms with Crippen LogP contribution in [-0.4, -0.2) is 18.2 Å². The van der Waals surface area contributed by atoms with Crippen molar-refractivity contribution in [1.82, 2.24) is 5.43 Å². The number of carbonyl (C=O) groups excluding carboxylic acids is 1. The monoisotopic (exact) mass is 299 g/mol. The molecule has 0 saturated heterocycles. The lowest BCUT2D eigenvalue weighted by Crippen LogP contribution is -2.27. The molecule has 22 heavy (non-hydrogen) atoms. The van der Waals surface area contributed by atoms with Gasteiger partial charge in [-0.05, 0) is 36.2 Å². The molecule has 0 radical (unpaired) electrons. The number of hydrazone groups is 1. The van der Waals surface area contributed by atoms with Gasteiger partial charge in [-0.2, -0.15) is 5.10 Å². The van der Waals surface area contributed by atoms with Gasteiger partial charge in [0.25, 0.3) is 5.91 Å². The van der Waals surface area contributed by atoms with Crippen molar-refractivity contribution in [2.45, 2.75) is 13.3 Å². The van der Waals surface area contributed by atoms with Crippen LogP contribution in [0.5, 0.6) is 0 Å². The molecule has 0 aromatic heterocycles. The lowest BCUT2D eigenvalue weighted by molar-refractivity contribution is -0.119. The second-order valence-electron chi connectivity index (χ2n) is 4.67. The summed E-state index contributed by atoms with van der Waals surface area (Å²) in [7, 11) is 0. The lowest BCUT2D eigenvalue weighted by Gasteiger charge is -2.07. The number of para-hydroxylation sites is 1. The van der Waals surface area contributed by atoms with Gasteiger partial charge in [-0.3, -0.25) is 4.79 Å². The second kappa shape index (κ2) is 7.93. The first-order chi connectivity index (χ1) is 10.7. The standard InChI is InChI=1S/C17H18FN3O/c1-2-16(13-8-10-14(18)11-9-13)20-21-17(22)12-19-15-6-4-3-5-7-15/h3-11,19H,2,12H2,1H3,(H,21,22)/b20-16-. The highest BCUT2D eigenvalue weighted by molar-refractivity contribution is 6.01. The molecule has 2 N–H and O–H groups in total. The quantitative estimate of drug-likeness (QED) is 0.636. The molecule has 0 spiro atoms. The zero-order valence-corrected chi connectivity index (χ0v) is 12.3. The third-order valence-corrected chi connectivity index (χ3v) is 3.05. The van der Waals surface area contributed by atoms with Crippen LogP contribution < -0.4 is 10.7 Å². The maximum absolute atomic E-state index is 12.9. The van der Waals surface area contributed by atoms with Gasteiger partial charge in [0.1, 0.15) is 5.82 Å². The second-order valence-corrected chi connectivity index (χ2v) is 4.67. The molecule has 0 atom stereocenters. The molecule has 5 heteroatoms. The van der Waals surface area contributed by atoms with Gasteiger partial charge in [0.15, 0.2) is 0 Å². The van der Waals surface area contributed by atoms with Crippen molar-refractivity contribution in [2.24, 2.45) is 5.10 Å². The minimum absolute atomic E-state index is 0.133. The molecular weight excluding hydrogens is 281 g/mol. The first-order valence-corrected chi connectivity index (χ1v) is 7.09. The number of carbonyl (C=O) groups is 1. The number of benzene rings is 2. The minimum atomic E-state index is -0.296. The van der Waals surface area contributed by atoms with Crippen LogP contribution in [0.3, 0.4) is 0 Å². The summed E-state index contributed by atoms with van der Waals surface area (Å²) >= 11 is 0. The highest BCUT2D eigenvalue weighted by Crippen LogP contribution is 2.07. The summed E-state index contributed by atoms with van der Waals surface area (Å²) in [5, 5.41) is 7.11. The molecule has 0 unspecified atom stereocenters. The van der Waals surface area contributed by atoms with Crippen LogP contribution in [-0.2, 0) is 4.79 Å². The fourth-order valence-electron chi connectivity index (χ4n) is 1.90. The first-order valence-electron chi connectivity index (χ1n) is 7.09. The van der Waals surface area contributed by atoms with Gasteiger partial charge in [-0.1, -0.05) is 37.3 Å². The van der Waals surface area contributed by atoms with Gasteiger partial charge >= 0.3 is 0 Å². The van der Waals surface area contributed by atoms with Crippen LogP contribution >= 0.6 is 0 Å². The largest absolute Gasteiger partial charge is 0.376 e. The normalized spacial score (nSPS) is 11.1. The number of halogens is 1. The Labute approximate surface area is 129 Å². The lowest BCUT2D eigenvalue weighted by atomic mass is 10.1. The summed E-state index contributed by atoms with van der Waals surface area (Å²) in [6, 6.07) is 15.5. The van der Waals surface area contributed by atoms with E-state index in [1.165, 1.54) is 12.1 Å². The number of amides is 1. The minimum Gasteiger partial charge on any atom is -0.376 e. The Morgan fingerprint density at radius 2 is 1.77 bits per heavy atom. The van der Waals surface area contributed by atoms with Crippen molar-refractivity contribution in [1.29, 1.82) is 0 Å². The molecule has 0 bridgehead atoms. The van der Waals surface area contributed by atoms with E-state index >= 15 is 0 Å². The summed E-state index contributed by atoms with van der Waals surface area (Å²) in [4.78, 5) is 11.8. The Bertz CT molecular complexity index is 639. The van der Waals surface area contributed by atoms with Crippen LogP contribution in [0.1, 0.15) is 18.9 Å². The Balaban J connectivity index is 1.91. The zero-order valence-electron chi connectivity index (χ0n) is 12.3. The van der Waals surface area contributed by atoms with Crippen molar-refractivity contribution in [3.05, 3.63) is 66.0 Å². The molecule has 2 aromatic rings. The summed E-state index contributed by atoms with van der Waals surface area (Å²) < 4.78 is 12.9. The van der Waals surface area contributed by atoms with Gasteiger partial charge in [-0.25, -0.2) is 9.82 Å². The van der Waals surface area contributed by atoms with E-state index in [9.17, 15) is 9.18 Å². The van der Waals surface area contributed by atoms with Crippen molar-refractivity contribution < 1.29 is 9.18 Å². The highest BCUT2D eigenvalue weighted by Gasteiger charge is 2.04. The number of hydrogen-bond acceptors (Lipinski definition) is 3. The maximum atomic E-state index is 12.9. The average Bonchev–Trinajstić information content (AvgIpc) is 2.56. The van der Waals surface area contributed by atoms with Gasteiger partial charge in [0, 0.05) is 5.69 Å². The summed E-state index contributed by atoms with van der Waals surface area (Å²) in [6.07, 6.45) is 0.637. The summed E-state index contributed by atoms with van der Waals surface area (Å²) in [6.45, 7) is 2.06. The van der Waals surface area contributed by atoms with Crippen LogP contribution in [0.25, 0.3) is 0 Å². The van der Waals surface area contributed by atoms with Crippen molar-refractivity contribution >= 4 is 17.3 Å². The maximum Gasteiger partial charge on any atom is 0.259 e. The predicted molar refractivity (Wildman–Crippen MR) is 86.3 cm³/mol. The van der Waals surface area contributed by atoms with Crippen LogP contribution in [0.2, 0.25) is 0 Å². The molecule has 0 aliphatic heterocycles. The molecule has 0 heterocycles. The molecule has 0 aliphatic rings. The number of anilines is 1. The first kappa shape index (κ1) is 15.7. The summed E-state index contributed by atoms with van der Waals surface area (Å²) in [5.41, 5.74) is 4.87. The molecule has 4 nitrogen and oxygen atoms in total. The van der Waals surface area contributed by atoms with Crippen LogP contribution in [0.15, 0.2) is 59.7 Å². The molecule has 2 aromatic carbocycles. The van der Waals surface area contributed by atoms with E-state index < -0.39 is 0 Å². The van der Waals surface area contributed by atoms with E-state index in [2.05, 4.69) is 15.8 Å². The fourth-order valence-corrected chi connectivity index (χ4v) is 1.90. The highest BCUT2D eigenvalue weighted by atomic mass is 19.1. The van der Waals surface area contributed by atoms with E-state index in [0.717, 1.165) is 11.3 Å². The van der Waals surface area contributed by atoms with E-state index in [1.54, 1.807) is 12.1 Å². The Morgan fingerprint density at radius 3 is 2.41 bits per heavy atom. The smallest absolute Gasteiger partial charge is 0.259 e. The van der Waals surface area contributed by atoms with Gasteiger partial charge in [0.05, 0.1) is 12.3 Å². The van der Waals surface area contributed by atoms with Crippen LogP contribution in [0, 0.1) is 5.82 Å². The van der Waals surface area contributed by atoms with Gasteiger partial charge in [0.2, 0.25) is 0 Å².